The number of nitrogens with one attached hydrogen (secondary N) is 1. The van der Waals surface area contributed by atoms with Gasteiger partial charge in [-0.15, -0.1) is 12.4 Å². The van der Waals surface area contributed by atoms with Crippen LogP contribution in [0.3, 0.4) is 0 Å². The molecule has 0 unspecified atom stereocenters. The van der Waals surface area contributed by atoms with Gasteiger partial charge in [-0.2, -0.15) is 5.10 Å². The molecule has 94 valence electrons. The average Bonchev–Trinajstić information content (AvgIpc) is 2.83. The Morgan fingerprint density at radius 2 is 2.18 bits per heavy atom. The number of hydrogen-bond donors (Lipinski definition) is 1. The van der Waals surface area contributed by atoms with Crippen LogP contribution in [-0.2, 0) is 13.6 Å². The highest BCUT2D eigenvalue weighted by Gasteiger charge is 2.02. The fraction of sp³-hybridized carbons (Fsp3) is 0.417. The van der Waals surface area contributed by atoms with Gasteiger partial charge in [0.05, 0.1) is 18.4 Å². The predicted molar refractivity (Wildman–Crippen MR) is 72.6 cm³/mol. The molecular weight excluding hydrogens is 236 g/mol. The highest BCUT2D eigenvalue weighted by Crippen LogP contribution is 2.11. The highest BCUT2D eigenvalue weighted by molar-refractivity contribution is 5.85. The first-order valence-electron chi connectivity index (χ1n) is 5.55. The maximum atomic E-state index is 4.29. The van der Waals surface area contributed by atoms with E-state index in [1.54, 1.807) is 0 Å². The Bertz CT molecular complexity index is 459. The fourth-order valence-corrected chi connectivity index (χ4v) is 1.58. The lowest BCUT2D eigenvalue weighted by Crippen LogP contribution is -2.03. The van der Waals surface area contributed by atoms with Crippen molar-refractivity contribution in [1.82, 2.24) is 14.3 Å². The molecule has 2 aromatic rings. The van der Waals surface area contributed by atoms with Crippen LogP contribution in [0.25, 0.3) is 0 Å². The molecule has 1 N–H and O–H groups in total. The molecule has 0 fully saturated rings. The van der Waals surface area contributed by atoms with Crippen LogP contribution < -0.4 is 5.32 Å². The number of halogens is 1. The molecule has 0 amide bonds. The molecule has 0 aliphatic rings. The zero-order chi connectivity index (χ0) is 11.5. The third-order valence-electron chi connectivity index (χ3n) is 2.66. The second kappa shape index (κ2) is 5.77. The van der Waals surface area contributed by atoms with Gasteiger partial charge in [0, 0.05) is 31.2 Å². The van der Waals surface area contributed by atoms with Crippen LogP contribution in [0.15, 0.2) is 30.7 Å². The summed E-state index contributed by atoms with van der Waals surface area (Å²) in [5.74, 6) is 0. The molecule has 0 radical (unpaired) electrons. The monoisotopic (exact) mass is 254 g/mol. The highest BCUT2D eigenvalue weighted by atomic mass is 35.5. The number of aryl methyl sites for hydroxylation is 1. The van der Waals surface area contributed by atoms with E-state index in [2.05, 4.69) is 54.2 Å². The first-order chi connectivity index (χ1) is 7.66. The number of anilines is 1. The van der Waals surface area contributed by atoms with E-state index in [9.17, 15) is 0 Å². The van der Waals surface area contributed by atoms with Crippen LogP contribution in [0.4, 0.5) is 5.69 Å². The van der Waals surface area contributed by atoms with Crippen molar-refractivity contribution in [3.63, 3.8) is 0 Å². The average molecular weight is 255 g/mol. The summed E-state index contributed by atoms with van der Waals surface area (Å²) in [7, 11) is 2.05. The molecule has 0 aliphatic heterocycles. The Labute approximate surface area is 108 Å². The van der Waals surface area contributed by atoms with Gasteiger partial charge in [0.1, 0.15) is 0 Å². The van der Waals surface area contributed by atoms with E-state index >= 15 is 0 Å². The molecular formula is C12H19ClN4. The van der Waals surface area contributed by atoms with Gasteiger partial charge in [-0.3, -0.25) is 4.68 Å². The Hall–Kier alpha value is -1.42. The van der Waals surface area contributed by atoms with Crippen LogP contribution in [0.1, 0.15) is 25.6 Å². The lowest BCUT2D eigenvalue weighted by Gasteiger charge is -2.05. The van der Waals surface area contributed by atoms with Crippen molar-refractivity contribution in [2.45, 2.75) is 26.4 Å². The zero-order valence-electron chi connectivity index (χ0n) is 10.4. The molecule has 0 saturated heterocycles. The quantitative estimate of drug-likeness (QED) is 0.911. The molecule has 0 aliphatic carbocycles. The number of nitrogens with zero attached hydrogens (tertiary/aromatic N) is 3. The second-order valence-electron chi connectivity index (χ2n) is 4.27. The Kier molecular flexibility index (Phi) is 4.63. The van der Waals surface area contributed by atoms with Crippen molar-refractivity contribution in [3.8, 4) is 0 Å². The summed E-state index contributed by atoms with van der Waals surface area (Å²) in [5, 5.41) is 7.64. The van der Waals surface area contributed by atoms with Crippen molar-refractivity contribution < 1.29 is 0 Å². The van der Waals surface area contributed by atoms with Gasteiger partial charge in [0.2, 0.25) is 0 Å². The molecule has 0 spiro atoms. The van der Waals surface area contributed by atoms with E-state index in [1.807, 2.05) is 17.1 Å². The summed E-state index contributed by atoms with van der Waals surface area (Å²) in [6, 6.07) is 4.57. The van der Waals surface area contributed by atoms with Crippen molar-refractivity contribution in [2.24, 2.45) is 7.05 Å². The smallest absolute Gasteiger partial charge is 0.0729 e. The lowest BCUT2D eigenvalue weighted by atomic mass is 10.4. The Morgan fingerprint density at radius 3 is 2.71 bits per heavy atom. The predicted octanol–water partition coefficient (Wildman–Crippen LogP) is 2.84. The van der Waals surface area contributed by atoms with E-state index in [1.165, 1.54) is 5.69 Å². The fourth-order valence-electron chi connectivity index (χ4n) is 1.58. The number of hydrogen-bond acceptors (Lipinski definition) is 2. The summed E-state index contributed by atoms with van der Waals surface area (Å²) in [6.45, 7) is 5.06. The number of aromatic nitrogens is 3. The van der Waals surface area contributed by atoms with Crippen LogP contribution >= 0.6 is 12.4 Å². The normalized spacial score (nSPS) is 10.4. The molecule has 4 nitrogen and oxygen atoms in total. The maximum absolute atomic E-state index is 4.29. The molecule has 17 heavy (non-hydrogen) atoms. The largest absolute Gasteiger partial charge is 0.377 e. The standard InChI is InChI=1S/C12H18N4.ClH/c1-10(2)16-9-11(7-14-16)13-8-12-5-4-6-15(12)3;/h4-7,9-10,13H,8H2,1-3H3;1H. The molecule has 2 heterocycles. The van der Waals surface area contributed by atoms with E-state index in [0.717, 1.165) is 12.2 Å². The van der Waals surface area contributed by atoms with E-state index < -0.39 is 0 Å². The van der Waals surface area contributed by atoms with E-state index in [4.69, 9.17) is 0 Å². The lowest BCUT2D eigenvalue weighted by molar-refractivity contribution is 0.532. The molecule has 0 saturated carbocycles. The minimum Gasteiger partial charge on any atom is -0.377 e. The van der Waals surface area contributed by atoms with Crippen LogP contribution in [0.2, 0.25) is 0 Å². The van der Waals surface area contributed by atoms with Gasteiger partial charge in [0.15, 0.2) is 0 Å². The topological polar surface area (TPSA) is 34.8 Å². The first-order valence-corrected chi connectivity index (χ1v) is 5.55. The summed E-state index contributed by atoms with van der Waals surface area (Å²) in [6.07, 6.45) is 5.95. The van der Waals surface area contributed by atoms with Gasteiger partial charge in [-0.05, 0) is 26.0 Å². The van der Waals surface area contributed by atoms with Crippen molar-refractivity contribution in [1.29, 1.82) is 0 Å². The van der Waals surface area contributed by atoms with Crippen molar-refractivity contribution in [3.05, 3.63) is 36.4 Å². The Morgan fingerprint density at radius 1 is 1.41 bits per heavy atom. The third kappa shape index (κ3) is 3.27. The SMILES string of the molecule is CC(C)n1cc(NCc2cccn2C)cn1.Cl. The molecule has 2 aromatic heterocycles. The molecule has 2 rings (SSSR count). The minimum absolute atomic E-state index is 0. The molecule has 0 atom stereocenters. The van der Waals surface area contributed by atoms with Gasteiger partial charge >= 0.3 is 0 Å². The maximum Gasteiger partial charge on any atom is 0.0729 e. The van der Waals surface area contributed by atoms with Crippen LogP contribution in [0, 0.1) is 0 Å². The first kappa shape index (κ1) is 13.6. The summed E-state index contributed by atoms with van der Waals surface area (Å²) >= 11 is 0. The third-order valence-corrected chi connectivity index (χ3v) is 2.66. The van der Waals surface area contributed by atoms with Gasteiger partial charge in [-0.25, -0.2) is 0 Å². The minimum atomic E-state index is 0. The van der Waals surface area contributed by atoms with Crippen LogP contribution in [-0.4, -0.2) is 14.3 Å². The summed E-state index contributed by atoms with van der Waals surface area (Å²) in [5.41, 5.74) is 2.33. The summed E-state index contributed by atoms with van der Waals surface area (Å²) < 4.78 is 4.06. The second-order valence-corrected chi connectivity index (χ2v) is 4.27. The molecule has 0 bridgehead atoms. The molecule has 0 aromatic carbocycles. The van der Waals surface area contributed by atoms with E-state index in [-0.39, 0.29) is 12.4 Å². The van der Waals surface area contributed by atoms with Crippen molar-refractivity contribution in [2.75, 3.05) is 5.32 Å². The molecule has 5 heteroatoms. The van der Waals surface area contributed by atoms with Crippen molar-refractivity contribution >= 4 is 18.1 Å². The Balaban J connectivity index is 0.00000144. The van der Waals surface area contributed by atoms with Crippen LogP contribution in [0.5, 0.6) is 0 Å². The zero-order valence-corrected chi connectivity index (χ0v) is 11.2. The van der Waals surface area contributed by atoms with Gasteiger partial charge in [-0.1, -0.05) is 0 Å². The summed E-state index contributed by atoms with van der Waals surface area (Å²) in [4.78, 5) is 0. The van der Waals surface area contributed by atoms with E-state index in [0.29, 0.717) is 6.04 Å². The van der Waals surface area contributed by atoms with Gasteiger partial charge in [0.25, 0.3) is 0 Å². The van der Waals surface area contributed by atoms with Gasteiger partial charge < -0.3 is 9.88 Å². The number of rotatable bonds is 4.